The van der Waals surface area contributed by atoms with E-state index in [1.54, 1.807) is 7.11 Å². The van der Waals surface area contributed by atoms with E-state index in [-0.39, 0.29) is 17.2 Å². The summed E-state index contributed by atoms with van der Waals surface area (Å²) in [6, 6.07) is 7.82. The van der Waals surface area contributed by atoms with E-state index in [9.17, 15) is 9.59 Å². The topological polar surface area (TPSA) is 75.9 Å². The molecule has 2 aliphatic heterocycles. The van der Waals surface area contributed by atoms with Crippen molar-refractivity contribution in [3.8, 4) is 5.75 Å². The molecule has 2 aromatic rings. The molecular formula is C22H27N3O4. The molecule has 0 saturated carbocycles. The summed E-state index contributed by atoms with van der Waals surface area (Å²) < 4.78 is 10.3. The fraction of sp³-hybridized carbons (Fsp3) is 0.500. The van der Waals surface area contributed by atoms with Gasteiger partial charge in [-0.2, -0.15) is 0 Å². The van der Waals surface area contributed by atoms with Gasteiger partial charge in [0, 0.05) is 31.7 Å². The predicted molar refractivity (Wildman–Crippen MR) is 106 cm³/mol. The summed E-state index contributed by atoms with van der Waals surface area (Å²) in [5.41, 5.74) is 2.46. The van der Waals surface area contributed by atoms with Crippen LogP contribution in [0.5, 0.6) is 5.75 Å². The van der Waals surface area contributed by atoms with E-state index in [1.165, 1.54) is 0 Å². The Bertz CT molecular complexity index is 891. The molecule has 0 radical (unpaired) electrons. The lowest BCUT2D eigenvalue weighted by atomic mass is 9.71. The number of ether oxygens (including phenoxy) is 1. The minimum absolute atomic E-state index is 0.0797. The van der Waals surface area contributed by atoms with Crippen molar-refractivity contribution in [3.63, 3.8) is 0 Å². The smallest absolute Gasteiger partial charge is 0.231 e. The standard InChI is InChI=1S/C22H27N3O4/c1-15-19(16(2)29-23-15)12-20(26)24-10-8-22(9-11-24)14-25(21(22)27)13-17-4-6-18(28-3)7-5-17/h4-7H,8-14H2,1-3H3. The molecule has 0 N–H and O–H groups in total. The second-order valence-electron chi connectivity index (χ2n) is 8.15. The number of nitrogens with zero attached hydrogens (tertiary/aromatic N) is 3. The number of carbonyl (C=O) groups excluding carboxylic acids is 2. The first-order valence-electron chi connectivity index (χ1n) is 10.0. The second-order valence-corrected chi connectivity index (χ2v) is 8.15. The quantitative estimate of drug-likeness (QED) is 0.725. The summed E-state index contributed by atoms with van der Waals surface area (Å²) in [4.78, 5) is 29.3. The molecular weight excluding hydrogens is 370 g/mol. The normalized spacial score (nSPS) is 18.1. The van der Waals surface area contributed by atoms with Gasteiger partial charge in [-0.25, -0.2) is 0 Å². The van der Waals surface area contributed by atoms with Crippen LogP contribution in [0.25, 0.3) is 0 Å². The third-order valence-corrected chi connectivity index (χ3v) is 6.35. The van der Waals surface area contributed by atoms with Gasteiger partial charge in [-0.1, -0.05) is 17.3 Å². The summed E-state index contributed by atoms with van der Waals surface area (Å²) in [6.45, 7) is 6.34. The molecule has 0 aliphatic carbocycles. The third-order valence-electron chi connectivity index (χ3n) is 6.35. The first-order valence-corrected chi connectivity index (χ1v) is 10.0. The zero-order valence-electron chi connectivity index (χ0n) is 17.2. The molecule has 7 heteroatoms. The number of β-lactam (4-membered cyclic amide) rings is 1. The molecule has 1 aromatic carbocycles. The molecule has 4 rings (SSSR count). The minimum atomic E-state index is -0.285. The largest absolute Gasteiger partial charge is 0.497 e. The molecule has 2 fully saturated rings. The first-order chi connectivity index (χ1) is 13.9. The number of methoxy groups -OCH3 is 1. The second kappa shape index (κ2) is 7.54. The first kappa shape index (κ1) is 19.5. The number of hydrogen-bond acceptors (Lipinski definition) is 5. The van der Waals surface area contributed by atoms with E-state index >= 15 is 0 Å². The Hall–Kier alpha value is -2.83. The molecule has 3 heterocycles. The van der Waals surface area contributed by atoms with Gasteiger partial charge in [-0.15, -0.1) is 0 Å². The van der Waals surface area contributed by atoms with E-state index in [4.69, 9.17) is 9.26 Å². The van der Waals surface area contributed by atoms with Gasteiger partial charge in [0.05, 0.1) is 24.6 Å². The van der Waals surface area contributed by atoms with Gasteiger partial charge in [0.15, 0.2) is 0 Å². The fourth-order valence-corrected chi connectivity index (χ4v) is 4.40. The highest BCUT2D eigenvalue weighted by molar-refractivity contribution is 5.89. The van der Waals surface area contributed by atoms with Crippen molar-refractivity contribution in [2.45, 2.75) is 39.7 Å². The number of rotatable bonds is 5. The lowest BCUT2D eigenvalue weighted by Gasteiger charge is -2.52. The number of amides is 2. The predicted octanol–water partition coefficient (Wildman–Crippen LogP) is 2.49. The van der Waals surface area contributed by atoms with Crippen molar-refractivity contribution >= 4 is 11.8 Å². The Labute approximate surface area is 170 Å². The highest BCUT2D eigenvalue weighted by Crippen LogP contribution is 2.42. The monoisotopic (exact) mass is 397 g/mol. The van der Waals surface area contributed by atoms with Crippen LogP contribution in [0.3, 0.4) is 0 Å². The lowest BCUT2D eigenvalue weighted by molar-refractivity contribution is -0.168. The molecule has 7 nitrogen and oxygen atoms in total. The molecule has 0 bridgehead atoms. The van der Waals surface area contributed by atoms with Crippen LogP contribution >= 0.6 is 0 Å². The number of carbonyl (C=O) groups is 2. The summed E-state index contributed by atoms with van der Waals surface area (Å²) in [7, 11) is 1.64. The zero-order chi connectivity index (χ0) is 20.6. The van der Waals surface area contributed by atoms with Gasteiger partial charge in [0.25, 0.3) is 0 Å². The van der Waals surface area contributed by atoms with Crippen molar-refractivity contribution in [2.24, 2.45) is 5.41 Å². The zero-order valence-corrected chi connectivity index (χ0v) is 17.2. The van der Waals surface area contributed by atoms with Crippen LogP contribution in [0.15, 0.2) is 28.8 Å². The highest BCUT2D eigenvalue weighted by Gasteiger charge is 2.53. The summed E-state index contributed by atoms with van der Waals surface area (Å²) in [5, 5.41) is 3.92. The molecule has 2 aliphatic rings. The van der Waals surface area contributed by atoms with Gasteiger partial charge in [0.2, 0.25) is 11.8 Å². The van der Waals surface area contributed by atoms with Crippen molar-refractivity contribution < 1.29 is 18.8 Å². The average Bonchev–Trinajstić information content (AvgIpc) is 3.06. The maximum atomic E-state index is 12.9. The van der Waals surface area contributed by atoms with Crippen LogP contribution in [0, 0.1) is 19.3 Å². The number of benzene rings is 1. The van der Waals surface area contributed by atoms with E-state index in [2.05, 4.69) is 5.16 Å². The number of piperidine rings is 1. The van der Waals surface area contributed by atoms with Crippen molar-refractivity contribution in [1.29, 1.82) is 0 Å². The number of aromatic nitrogens is 1. The molecule has 154 valence electrons. The molecule has 0 unspecified atom stereocenters. The molecule has 0 atom stereocenters. The lowest BCUT2D eigenvalue weighted by Crippen LogP contribution is -2.64. The van der Waals surface area contributed by atoms with Crippen molar-refractivity contribution in [1.82, 2.24) is 15.0 Å². The SMILES string of the molecule is COc1ccc(CN2CC3(CCN(C(=O)Cc4c(C)noc4C)CC3)C2=O)cc1. The van der Waals surface area contributed by atoms with Gasteiger partial charge in [0.1, 0.15) is 11.5 Å². The fourth-order valence-electron chi connectivity index (χ4n) is 4.40. The van der Waals surface area contributed by atoms with Crippen molar-refractivity contribution in [2.75, 3.05) is 26.7 Å². The maximum Gasteiger partial charge on any atom is 0.231 e. The van der Waals surface area contributed by atoms with Gasteiger partial charge >= 0.3 is 0 Å². The molecule has 2 amide bonds. The van der Waals surface area contributed by atoms with Crippen LogP contribution in [-0.4, -0.2) is 53.5 Å². The minimum Gasteiger partial charge on any atom is -0.497 e. The van der Waals surface area contributed by atoms with Crippen LogP contribution in [-0.2, 0) is 22.6 Å². The molecule has 29 heavy (non-hydrogen) atoms. The van der Waals surface area contributed by atoms with E-state index in [1.807, 2.05) is 47.9 Å². The summed E-state index contributed by atoms with van der Waals surface area (Å²) in [5.74, 6) is 1.81. The molecule has 2 saturated heterocycles. The van der Waals surface area contributed by atoms with Crippen LogP contribution < -0.4 is 4.74 Å². The highest BCUT2D eigenvalue weighted by atomic mass is 16.5. The summed E-state index contributed by atoms with van der Waals surface area (Å²) in [6.07, 6.45) is 1.78. The number of likely N-dealkylation sites (tertiary alicyclic amines) is 2. The summed E-state index contributed by atoms with van der Waals surface area (Å²) >= 11 is 0. The van der Waals surface area contributed by atoms with E-state index in [0.29, 0.717) is 31.8 Å². The molecule has 1 spiro atoms. The van der Waals surface area contributed by atoms with Gasteiger partial charge in [-0.05, 0) is 44.4 Å². The molecule has 1 aromatic heterocycles. The Morgan fingerprint density at radius 2 is 1.90 bits per heavy atom. The Balaban J connectivity index is 1.30. The van der Waals surface area contributed by atoms with E-state index in [0.717, 1.165) is 42.0 Å². The maximum absolute atomic E-state index is 12.9. The van der Waals surface area contributed by atoms with Crippen LogP contribution in [0.1, 0.15) is 35.4 Å². The van der Waals surface area contributed by atoms with Crippen LogP contribution in [0.2, 0.25) is 0 Å². The number of aryl methyl sites for hydroxylation is 2. The average molecular weight is 397 g/mol. The Morgan fingerprint density at radius 1 is 1.21 bits per heavy atom. The van der Waals surface area contributed by atoms with Crippen molar-refractivity contribution in [3.05, 3.63) is 46.8 Å². The van der Waals surface area contributed by atoms with Crippen LogP contribution in [0.4, 0.5) is 0 Å². The number of hydrogen-bond donors (Lipinski definition) is 0. The van der Waals surface area contributed by atoms with Gasteiger partial charge < -0.3 is 19.1 Å². The third kappa shape index (κ3) is 3.61. The van der Waals surface area contributed by atoms with E-state index < -0.39 is 0 Å². The van der Waals surface area contributed by atoms with Gasteiger partial charge in [-0.3, -0.25) is 9.59 Å². The Kier molecular flexibility index (Phi) is 5.06. The Morgan fingerprint density at radius 3 is 2.45 bits per heavy atom.